The molecule has 0 aliphatic carbocycles. The number of carbonyl (C=O) groups excluding carboxylic acids is 2. The monoisotopic (exact) mass is 299 g/mol. The van der Waals surface area contributed by atoms with Crippen LogP contribution in [-0.2, 0) is 4.74 Å². The Morgan fingerprint density at radius 1 is 1.40 bits per heavy atom. The number of thiazole rings is 1. The van der Waals surface area contributed by atoms with Gasteiger partial charge in [0.2, 0.25) is 0 Å². The molecule has 0 radical (unpaired) electrons. The highest BCUT2D eigenvalue weighted by Gasteiger charge is 2.25. The van der Waals surface area contributed by atoms with Crippen molar-refractivity contribution in [2.75, 3.05) is 0 Å². The van der Waals surface area contributed by atoms with Gasteiger partial charge in [-0.2, -0.15) is 0 Å². The van der Waals surface area contributed by atoms with Crippen LogP contribution in [0.15, 0.2) is 5.38 Å². The van der Waals surface area contributed by atoms with Crippen molar-refractivity contribution in [2.24, 2.45) is 11.7 Å². The Hall–Kier alpha value is -1.63. The Kier molecular flexibility index (Phi) is 5.10. The quantitative estimate of drug-likeness (QED) is 0.893. The summed E-state index contributed by atoms with van der Waals surface area (Å²) < 4.78 is 5.23. The molecular formula is C13H21N3O3S. The number of amides is 2. The lowest BCUT2D eigenvalue weighted by atomic mass is 10.1. The normalized spacial score (nSPS) is 13.1. The van der Waals surface area contributed by atoms with E-state index < -0.39 is 17.6 Å². The van der Waals surface area contributed by atoms with Crippen molar-refractivity contribution in [1.82, 2.24) is 10.3 Å². The first-order valence-electron chi connectivity index (χ1n) is 6.35. The molecule has 0 bridgehead atoms. The number of nitrogens with two attached hydrogens (primary N) is 1. The fourth-order valence-electron chi connectivity index (χ4n) is 1.49. The van der Waals surface area contributed by atoms with Gasteiger partial charge in [-0.1, -0.05) is 13.8 Å². The van der Waals surface area contributed by atoms with Gasteiger partial charge in [0.1, 0.15) is 16.3 Å². The van der Waals surface area contributed by atoms with Gasteiger partial charge in [-0.05, 0) is 26.7 Å². The summed E-state index contributed by atoms with van der Waals surface area (Å²) in [5, 5.41) is 5.00. The van der Waals surface area contributed by atoms with Crippen molar-refractivity contribution >= 4 is 23.3 Å². The van der Waals surface area contributed by atoms with Gasteiger partial charge in [0.15, 0.2) is 0 Å². The zero-order valence-corrected chi connectivity index (χ0v) is 13.2. The summed E-state index contributed by atoms with van der Waals surface area (Å²) in [4.78, 5) is 27.1. The van der Waals surface area contributed by atoms with Crippen molar-refractivity contribution in [2.45, 2.75) is 46.3 Å². The van der Waals surface area contributed by atoms with E-state index in [9.17, 15) is 9.59 Å². The molecule has 3 N–H and O–H groups in total. The molecular weight excluding hydrogens is 278 g/mol. The number of hydrogen-bond donors (Lipinski definition) is 2. The van der Waals surface area contributed by atoms with Crippen LogP contribution in [0.5, 0.6) is 0 Å². The van der Waals surface area contributed by atoms with Crippen molar-refractivity contribution < 1.29 is 14.3 Å². The molecule has 1 heterocycles. The van der Waals surface area contributed by atoms with E-state index in [4.69, 9.17) is 10.5 Å². The molecule has 1 atom stereocenters. The van der Waals surface area contributed by atoms with E-state index in [2.05, 4.69) is 10.3 Å². The van der Waals surface area contributed by atoms with Crippen LogP contribution in [0.25, 0.3) is 0 Å². The van der Waals surface area contributed by atoms with Crippen LogP contribution < -0.4 is 11.1 Å². The van der Waals surface area contributed by atoms with Gasteiger partial charge in [0, 0.05) is 5.38 Å². The second kappa shape index (κ2) is 6.21. The third kappa shape index (κ3) is 4.80. The number of carbonyl (C=O) groups is 2. The van der Waals surface area contributed by atoms with Crippen LogP contribution >= 0.6 is 11.3 Å². The predicted octanol–water partition coefficient (Wildman–Crippen LogP) is 2.46. The fourth-order valence-corrected chi connectivity index (χ4v) is 2.52. The Morgan fingerprint density at radius 2 is 2.00 bits per heavy atom. The molecule has 0 spiro atoms. The third-order valence-corrected chi connectivity index (χ3v) is 3.31. The molecule has 20 heavy (non-hydrogen) atoms. The van der Waals surface area contributed by atoms with Crippen LogP contribution in [0, 0.1) is 5.92 Å². The van der Waals surface area contributed by atoms with Crippen LogP contribution in [0.4, 0.5) is 4.79 Å². The van der Waals surface area contributed by atoms with E-state index in [-0.39, 0.29) is 17.7 Å². The largest absolute Gasteiger partial charge is 0.444 e. The second-order valence-electron chi connectivity index (χ2n) is 5.80. The van der Waals surface area contributed by atoms with Crippen molar-refractivity contribution in [3.8, 4) is 0 Å². The number of nitrogens with one attached hydrogen (secondary N) is 1. The maximum absolute atomic E-state index is 11.8. The lowest BCUT2D eigenvalue weighted by Crippen LogP contribution is -2.36. The summed E-state index contributed by atoms with van der Waals surface area (Å²) in [5.74, 6) is -0.471. The Morgan fingerprint density at radius 3 is 2.40 bits per heavy atom. The van der Waals surface area contributed by atoms with Gasteiger partial charge in [-0.3, -0.25) is 4.79 Å². The first-order chi connectivity index (χ1) is 9.10. The van der Waals surface area contributed by atoms with E-state index in [1.807, 2.05) is 13.8 Å². The average molecular weight is 299 g/mol. The van der Waals surface area contributed by atoms with Gasteiger partial charge >= 0.3 is 6.09 Å². The molecule has 0 aliphatic rings. The van der Waals surface area contributed by atoms with Gasteiger partial charge in [-0.25, -0.2) is 9.78 Å². The Balaban J connectivity index is 2.84. The summed E-state index contributed by atoms with van der Waals surface area (Å²) >= 11 is 1.29. The number of hydrogen-bond acceptors (Lipinski definition) is 5. The van der Waals surface area contributed by atoms with Gasteiger partial charge < -0.3 is 15.8 Å². The maximum atomic E-state index is 11.8. The molecule has 1 rings (SSSR count). The molecule has 1 aromatic heterocycles. The van der Waals surface area contributed by atoms with Crippen LogP contribution in [-0.4, -0.2) is 22.6 Å². The summed E-state index contributed by atoms with van der Waals surface area (Å²) in [6.07, 6.45) is -0.507. The number of nitrogens with zero attached hydrogens (tertiary/aromatic N) is 1. The second-order valence-corrected chi connectivity index (χ2v) is 6.69. The topological polar surface area (TPSA) is 94.3 Å². The van der Waals surface area contributed by atoms with Gasteiger partial charge in [0.25, 0.3) is 5.91 Å². The van der Waals surface area contributed by atoms with Gasteiger partial charge in [-0.15, -0.1) is 11.3 Å². The summed E-state index contributed by atoms with van der Waals surface area (Å²) in [6, 6.07) is -0.317. The molecule has 0 fully saturated rings. The average Bonchev–Trinajstić information content (AvgIpc) is 2.71. The fraction of sp³-hybridized carbons (Fsp3) is 0.615. The van der Waals surface area contributed by atoms with Crippen molar-refractivity contribution in [1.29, 1.82) is 0 Å². The number of aromatic nitrogens is 1. The van der Waals surface area contributed by atoms with E-state index in [0.717, 1.165) is 0 Å². The minimum Gasteiger partial charge on any atom is -0.444 e. The predicted molar refractivity (Wildman–Crippen MR) is 77.6 cm³/mol. The molecule has 6 nitrogen and oxygen atoms in total. The number of alkyl carbamates (subject to hydrolysis) is 1. The summed E-state index contributed by atoms with van der Waals surface area (Å²) in [7, 11) is 0. The van der Waals surface area contributed by atoms with Crippen LogP contribution in [0.3, 0.4) is 0 Å². The van der Waals surface area contributed by atoms with Crippen LogP contribution in [0.2, 0.25) is 0 Å². The smallest absolute Gasteiger partial charge is 0.408 e. The third-order valence-electron chi connectivity index (χ3n) is 2.38. The molecule has 1 aromatic rings. The van der Waals surface area contributed by atoms with Gasteiger partial charge in [0.05, 0.1) is 6.04 Å². The SMILES string of the molecule is CC(C)[C@H](NC(=O)OC(C)(C)C)c1nc(C(N)=O)cs1. The molecule has 112 valence electrons. The zero-order chi connectivity index (χ0) is 15.5. The van der Waals surface area contributed by atoms with Crippen molar-refractivity contribution in [3.63, 3.8) is 0 Å². The molecule has 0 aromatic carbocycles. The minimum absolute atomic E-state index is 0.106. The highest BCUT2D eigenvalue weighted by atomic mass is 32.1. The standard InChI is InChI=1S/C13H21N3O3S/c1-7(2)9(16-12(18)19-13(3,4)5)11-15-8(6-20-11)10(14)17/h6-7,9H,1-5H3,(H2,14,17)(H,16,18)/t9-/m0/s1. The minimum atomic E-state index is -0.577. The number of rotatable bonds is 4. The highest BCUT2D eigenvalue weighted by Crippen LogP contribution is 2.25. The highest BCUT2D eigenvalue weighted by molar-refractivity contribution is 7.09. The van der Waals surface area contributed by atoms with E-state index in [1.54, 1.807) is 26.2 Å². The maximum Gasteiger partial charge on any atom is 0.408 e. The Labute approximate surface area is 122 Å². The molecule has 7 heteroatoms. The van der Waals surface area contributed by atoms with Crippen molar-refractivity contribution in [3.05, 3.63) is 16.1 Å². The molecule has 0 saturated carbocycles. The lowest BCUT2D eigenvalue weighted by Gasteiger charge is -2.24. The summed E-state index contributed by atoms with van der Waals surface area (Å²) in [5.41, 5.74) is 4.83. The molecule has 0 unspecified atom stereocenters. The van der Waals surface area contributed by atoms with Crippen LogP contribution in [0.1, 0.15) is 56.2 Å². The number of primary amides is 1. The van der Waals surface area contributed by atoms with E-state index in [1.165, 1.54) is 11.3 Å². The molecule has 2 amide bonds. The zero-order valence-electron chi connectivity index (χ0n) is 12.4. The molecule has 0 saturated heterocycles. The first kappa shape index (κ1) is 16.4. The number of ether oxygens (including phenoxy) is 1. The first-order valence-corrected chi connectivity index (χ1v) is 7.23. The van der Waals surface area contributed by atoms with E-state index in [0.29, 0.717) is 5.01 Å². The van der Waals surface area contributed by atoms with E-state index >= 15 is 0 Å². The summed E-state index contributed by atoms with van der Waals surface area (Å²) in [6.45, 7) is 9.30. The lowest BCUT2D eigenvalue weighted by molar-refractivity contribution is 0.0489. The molecule has 0 aliphatic heterocycles. The Bertz CT molecular complexity index is 491.